The molecule has 106 valence electrons. The topological polar surface area (TPSA) is 79.7 Å². The van der Waals surface area contributed by atoms with Crippen molar-refractivity contribution in [2.75, 3.05) is 19.8 Å². The molecular weight excluding hydrogens is 260 g/mol. The Morgan fingerprint density at radius 3 is 2.85 bits per heavy atom. The van der Waals surface area contributed by atoms with Gasteiger partial charge in [0.25, 0.3) is 5.91 Å². The predicted molar refractivity (Wildman–Crippen MR) is 69.6 cm³/mol. The molecule has 0 unspecified atom stereocenters. The maximum absolute atomic E-state index is 12.6. The molecule has 0 atom stereocenters. The largest absolute Gasteiger partial charge is 0.477 e. The van der Waals surface area contributed by atoms with Crippen LogP contribution in [0.1, 0.15) is 40.1 Å². The van der Waals surface area contributed by atoms with E-state index in [-0.39, 0.29) is 17.1 Å². The normalized spacial score (nSPS) is 20.5. The molecule has 0 radical (unpaired) electrons. The summed E-state index contributed by atoms with van der Waals surface area (Å²) >= 11 is 0. The number of carbonyl (C=O) groups excluding carboxylic acids is 1. The Hall–Kier alpha value is -1.95. The first-order chi connectivity index (χ1) is 9.62. The van der Waals surface area contributed by atoms with Crippen molar-refractivity contribution in [2.45, 2.75) is 24.8 Å². The summed E-state index contributed by atoms with van der Waals surface area (Å²) in [6.07, 6.45) is 4.37. The predicted octanol–water partition coefficient (Wildman–Crippen LogP) is 1.17. The minimum Gasteiger partial charge on any atom is -0.477 e. The molecule has 3 rings (SSSR count). The summed E-state index contributed by atoms with van der Waals surface area (Å²) < 4.78 is 5.51. The number of hydrogen-bond acceptors (Lipinski definition) is 4. The van der Waals surface area contributed by atoms with Gasteiger partial charge in [-0.1, -0.05) is 0 Å². The number of amides is 1. The highest BCUT2D eigenvalue weighted by molar-refractivity contribution is 5.97. The first-order valence-electron chi connectivity index (χ1n) is 6.71. The van der Waals surface area contributed by atoms with Gasteiger partial charge in [0.1, 0.15) is 5.69 Å². The smallest absolute Gasteiger partial charge is 0.354 e. The molecule has 1 aromatic rings. The van der Waals surface area contributed by atoms with Crippen molar-refractivity contribution in [1.29, 1.82) is 0 Å². The number of nitrogens with zero attached hydrogens (tertiary/aromatic N) is 2. The Morgan fingerprint density at radius 1 is 1.40 bits per heavy atom. The molecule has 1 saturated heterocycles. The number of aromatic nitrogens is 1. The lowest BCUT2D eigenvalue weighted by Gasteiger charge is -2.52. The standard InChI is InChI=1S/C14H16N2O4/c17-12(10-2-5-15-11(8-10)13(18)19)16-6-7-20-9-14(16)3-1-4-14/h2,5,8H,1,3-4,6-7,9H2,(H,18,19). The lowest BCUT2D eigenvalue weighted by Crippen LogP contribution is -2.62. The number of morpholine rings is 1. The van der Waals surface area contributed by atoms with E-state index in [4.69, 9.17) is 9.84 Å². The van der Waals surface area contributed by atoms with Crippen molar-refractivity contribution >= 4 is 11.9 Å². The molecule has 2 aliphatic rings. The van der Waals surface area contributed by atoms with Gasteiger partial charge in [-0.3, -0.25) is 4.79 Å². The van der Waals surface area contributed by atoms with Crippen LogP contribution in [0.15, 0.2) is 18.3 Å². The van der Waals surface area contributed by atoms with Crippen LogP contribution < -0.4 is 0 Å². The number of pyridine rings is 1. The first kappa shape index (κ1) is 13.1. The van der Waals surface area contributed by atoms with Crippen LogP contribution in [0.3, 0.4) is 0 Å². The molecule has 1 N–H and O–H groups in total. The zero-order chi connectivity index (χ0) is 14.2. The summed E-state index contributed by atoms with van der Waals surface area (Å²) in [5, 5.41) is 8.95. The van der Waals surface area contributed by atoms with Gasteiger partial charge in [0.05, 0.1) is 18.8 Å². The van der Waals surface area contributed by atoms with E-state index in [9.17, 15) is 9.59 Å². The molecule has 1 aliphatic carbocycles. The van der Waals surface area contributed by atoms with Crippen molar-refractivity contribution in [3.8, 4) is 0 Å². The lowest BCUT2D eigenvalue weighted by atomic mass is 9.75. The molecular formula is C14H16N2O4. The second-order valence-corrected chi connectivity index (χ2v) is 5.32. The van der Waals surface area contributed by atoms with Crippen molar-refractivity contribution in [3.05, 3.63) is 29.6 Å². The van der Waals surface area contributed by atoms with Gasteiger partial charge in [-0.15, -0.1) is 0 Å². The molecule has 0 bridgehead atoms. The van der Waals surface area contributed by atoms with E-state index in [2.05, 4.69) is 4.98 Å². The second-order valence-electron chi connectivity index (χ2n) is 5.32. The Balaban J connectivity index is 1.87. The van der Waals surface area contributed by atoms with Gasteiger partial charge in [0.2, 0.25) is 0 Å². The molecule has 1 aliphatic heterocycles. The molecule has 6 nitrogen and oxygen atoms in total. The Kier molecular flexibility index (Phi) is 3.17. The first-order valence-corrected chi connectivity index (χ1v) is 6.71. The highest BCUT2D eigenvalue weighted by Gasteiger charge is 2.47. The fourth-order valence-electron chi connectivity index (χ4n) is 2.89. The van der Waals surface area contributed by atoms with E-state index >= 15 is 0 Å². The zero-order valence-corrected chi connectivity index (χ0v) is 11.0. The van der Waals surface area contributed by atoms with Crippen LogP contribution in [0.4, 0.5) is 0 Å². The highest BCUT2D eigenvalue weighted by Crippen LogP contribution is 2.40. The quantitative estimate of drug-likeness (QED) is 0.877. The molecule has 0 aromatic carbocycles. The van der Waals surface area contributed by atoms with Crippen LogP contribution in [0.5, 0.6) is 0 Å². The number of carboxylic acids is 1. The maximum atomic E-state index is 12.6. The number of hydrogen-bond donors (Lipinski definition) is 1. The van der Waals surface area contributed by atoms with Gasteiger partial charge >= 0.3 is 5.97 Å². The van der Waals surface area contributed by atoms with Crippen LogP contribution in [-0.2, 0) is 4.74 Å². The van der Waals surface area contributed by atoms with Crippen LogP contribution in [0.25, 0.3) is 0 Å². The lowest BCUT2D eigenvalue weighted by molar-refractivity contribution is -0.0877. The molecule has 1 saturated carbocycles. The van der Waals surface area contributed by atoms with Gasteiger partial charge in [-0.25, -0.2) is 9.78 Å². The summed E-state index contributed by atoms with van der Waals surface area (Å²) in [6, 6.07) is 2.91. The molecule has 2 heterocycles. The van der Waals surface area contributed by atoms with E-state index in [1.54, 1.807) is 6.07 Å². The monoisotopic (exact) mass is 276 g/mol. The number of rotatable bonds is 2. The average molecular weight is 276 g/mol. The fourth-order valence-corrected chi connectivity index (χ4v) is 2.89. The molecule has 1 amide bonds. The van der Waals surface area contributed by atoms with Crippen molar-refractivity contribution in [3.63, 3.8) is 0 Å². The maximum Gasteiger partial charge on any atom is 0.354 e. The summed E-state index contributed by atoms with van der Waals surface area (Å²) in [4.78, 5) is 29.2. The third-order valence-electron chi connectivity index (χ3n) is 4.16. The molecule has 6 heteroatoms. The second kappa shape index (κ2) is 4.86. The number of ether oxygens (including phenoxy) is 1. The molecule has 20 heavy (non-hydrogen) atoms. The third-order valence-corrected chi connectivity index (χ3v) is 4.16. The summed E-state index contributed by atoms with van der Waals surface area (Å²) in [6.45, 7) is 1.67. The van der Waals surface area contributed by atoms with Crippen LogP contribution in [-0.4, -0.2) is 52.2 Å². The van der Waals surface area contributed by atoms with Gasteiger partial charge < -0.3 is 14.7 Å². The number of carbonyl (C=O) groups is 2. The van der Waals surface area contributed by atoms with E-state index < -0.39 is 5.97 Å². The zero-order valence-electron chi connectivity index (χ0n) is 11.0. The van der Waals surface area contributed by atoms with Crippen LogP contribution in [0.2, 0.25) is 0 Å². The van der Waals surface area contributed by atoms with E-state index in [1.165, 1.54) is 12.3 Å². The minimum atomic E-state index is -1.13. The average Bonchev–Trinajstić information content (AvgIpc) is 2.45. The summed E-state index contributed by atoms with van der Waals surface area (Å²) in [7, 11) is 0. The molecule has 1 aromatic heterocycles. The van der Waals surface area contributed by atoms with Gasteiger partial charge in [-0.2, -0.15) is 0 Å². The summed E-state index contributed by atoms with van der Waals surface area (Å²) in [5.41, 5.74) is 0.0967. The Morgan fingerprint density at radius 2 is 2.20 bits per heavy atom. The van der Waals surface area contributed by atoms with E-state index in [0.29, 0.717) is 25.3 Å². The SMILES string of the molecule is O=C(O)c1cc(C(=O)N2CCOCC23CCC3)ccn1. The fraction of sp³-hybridized carbons (Fsp3) is 0.500. The van der Waals surface area contributed by atoms with Gasteiger partial charge in [-0.05, 0) is 31.4 Å². The highest BCUT2D eigenvalue weighted by atomic mass is 16.5. The van der Waals surface area contributed by atoms with Crippen LogP contribution in [0, 0.1) is 0 Å². The molecule has 1 spiro atoms. The van der Waals surface area contributed by atoms with E-state index in [1.807, 2.05) is 4.90 Å². The van der Waals surface area contributed by atoms with Crippen molar-refractivity contribution < 1.29 is 19.4 Å². The number of carboxylic acid groups (broad SMARTS) is 1. The Bertz CT molecular complexity index is 554. The Labute approximate surface area is 116 Å². The molecule has 2 fully saturated rings. The van der Waals surface area contributed by atoms with Crippen molar-refractivity contribution in [1.82, 2.24) is 9.88 Å². The third kappa shape index (κ3) is 2.06. The van der Waals surface area contributed by atoms with Crippen LogP contribution >= 0.6 is 0 Å². The summed E-state index contributed by atoms with van der Waals surface area (Å²) in [5.74, 6) is -1.25. The number of aromatic carboxylic acids is 1. The minimum absolute atomic E-state index is 0.105. The van der Waals surface area contributed by atoms with Gasteiger partial charge in [0, 0.05) is 18.3 Å². The van der Waals surface area contributed by atoms with E-state index in [0.717, 1.165) is 19.3 Å². The van der Waals surface area contributed by atoms with Gasteiger partial charge in [0.15, 0.2) is 0 Å². The van der Waals surface area contributed by atoms with Crippen molar-refractivity contribution in [2.24, 2.45) is 0 Å².